The Morgan fingerprint density at radius 2 is 1.74 bits per heavy atom. The van der Waals surface area contributed by atoms with Gasteiger partial charge in [-0.05, 0) is 62.3 Å². The van der Waals surface area contributed by atoms with E-state index in [4.69, 9.17) is 0 Å². The molecule has 3 saturated heterocycles. The zero-order valence-corrected chi connectivity index (χ0v) is 23.3. The molecule has 0 aromatic heterocycles. The molecule has 8 heteroatoms. The van der Waals surface area contributed by atoms with Crippen LogP contribution in [0.3, 0.4) is 0 Å². The number of rotatable bonds is 8. The van der Waals surface area contributed by atoms with Crippen molar-refractivity contribution in [2.75, 3.05) is 17.2 Å². The number of carbonyl (C=O) groups is 3. The van der Waals surface area contributed by atoms with E-state index in [9.17, 15) is 19.5 Å². The Hall–Kier alpha value is -2.84. The van der Waals surface area contributed by atoms with Crippen molar-refractivity contribution in [3.8, 4) is 0 Å². The van der Waals surface area contributed by atoms with Crippen molar-refractivity contribution in [2.45, 2.75) is 69.0 Å². The number of para-hydroxylation sites is 2. The number of hydrogen-bond donors (Lipinski definition) is 3. The third-order valence-corrected chi connectivity index (χ3v) is 10.4. The molecule has 3 heterocycles. The van der Waals surface area contributed by atoms with Crippen molar-refractivity contribution >= 4 is 40.9 Å². The van der Waals surface area contributed by atoms with E-state index in [0.29, 0.717) is 18.5 Å². The van der Waals surface area contributed by atoms with Crippen LogP contribution in [0.25, 0.3) is 0 Å². The second kappa shape index (κ2) is 10.4. The number of aryl methyl sites for hydroxylation is 2. The highest BCUT2D eigenvalue weighted by Gasteiger charge is 2.74. The minimum atomic E-state index is -0.764. The Kier molecular flexibility index (Phi) is 7.31. The first-order chi connectivity index (χ1) is 18.2. The van der Waals surface area contributed by atoms with Crippen LogP contribution in [0, 0.1) is 31.6 Å². The summed E-state index contributed by atoms with van der Waals surface area (Å²) in [5.41, 5.74) is 3.35. The molecule has 3 amide bonds. The Balaban J connectivity index is 1.53. The number of aliphatic hydroxyl groups excluding tert-OH is 1. The highest BCUT2D eigenvalue weighted by molar-refractivity contribution is 8.02. The quantitative estimate of drug-likeness (QED) is 0.466. The second-order valence-corrected chi connectivity index (χ2v) is 13.0. The van der Waals surface area contributed by atoms with E-state index in [0.717, 1.165) is 23.2 Å². The average molecular weight is 536 g/mol. The van der Waals surface area contributed by atoms with Gasteiger partial charge in [0.25, 0.3) is 0 Å². The van der Waals surface area contributed by atoms with E-state index in [-0.39, 0.29) is 35.5 Å². The molecule has 2 bridgehead atoms. The number of likely N-dealkylation sites (tertiary alicyclic amines) is 1. The van der Waals surface area contributed by atoms with Gasteiger partial charge in [-0.15, -0.1) is 11.8 Å². The molecule has 3 N–H and O–H groups in total. The molecule has 3 aliphatic rings. The van der Waals surface area contributed by atoms with E-state index in [1.165, 1.54) is 0 Å². The minimum absolute atomic E-state index is 0.0250. The van der Waals surface area contributed by atoms with Gasteiger partial charge in [-0.2, -0.15) is 0 Å². The monoisotopic (exact) mass is 535 g/mol. The van der Waals surface area contributed by atoms with Crippen molar-refractivity contribution in [1.82, 2.24) is 4.90 Å². The maximum atomic E-state index is 14.3. The summed E-state index contributed by atoms with van der Waals surface area (Å²) in [5.74, 6) is -1.51. The number of nitrogens with one attached hydrogen (secondary N) is 2. The molecule has 1 spiro atoms. The van der Waals surface area contributed by atoms with Gasteiger partial charge in [0.15, 0.2) is 0 Å². The first-order valence-corrected chi connectivity index (χ1v) is 14.4. The summed E-state index contributed by atoms with van der Waals surface area (Å²) < 4.78 is -0.703. The molecular weight excluding hydrogens is 498 g/mol. The van der Waals surface area contributed by atoms with Crippen LogP contribution in [-0.2, 0) is 14.4 Å². The van der Waals surface area contributed by atoms with Crippen LogP contribution >= 0.6 is 11.8 Å². The lowest BCUT2D eigenvalue weighted by molar-refractivity contribution is -0.141. The molecule has 2 aromatic rings. The van der Waals surface area contributed by atoms with Gasteiger partial charge in [-0.3, -0.25) is 14.4 Å². The minimum Gasteiger partial charge on any atom is -0.394 e. The molecule has 7 nitrogen and oxygen atoms in total. The fraction of sp³-hybridized carbons (Fsp3) is 0.500. The van der Waals surface area contributed by atoms with Gasteiger partial charge < -0.3 is 20.6 Å². The molecule has 2 aromatic carbocycles. The summed E-state index contributed by atoms with van der Waals surface area (Å²) in [7, 11) is 0. The molecule has 6 atom stereocenters. The van der Waals surface area contributed by atoms with Crippen molar-refractivity contribution in [1.29, 1.82) is 0 Å². The van der Waals surface area contributed by atoms with Gasteiger partial charge in [0.2, 0.25) is 17.7 Å². The van der Waals surface area contributed by atoms with E-state index >= 15 is 0 Å². The molecule has 0 saturated carbocycles. The standard InChI is InChI=1S/C30H37N3O4S/c1-17(2)15-21(16-34)33-26(28(36)32-25-18(3)9-8-10-19(25)4)30-14-13-22(38-30)23(24(30)29(33)37)27(35)31-20-11-6-5-7-12-20/h5-12,17,21-24,26,34H,13-16H2,1-4H3,(H,31,35)(H,32,36)/t21-,22+,23-,24+,26?,30?/m1/s1. The molecule has 3 fully saturated rings. The number of amides is 3. The fourth-order valence-electron chi connectivity index (χ4n) is 6.85. The summed E-state index contributed by atoms with van der Waals surface area (Å²) in [5, 5.41) is 16.6. The van der Waals surface area contributed by atoms with Crippen LogP contribution in [0.5, 0.6) is 0 Å². The Labute approximate surface area is 228 Å². The van der Waals surface area contributed by atoms with E-state index in [1.807, 2.05) is 76.2 Å². The van der Waals surface area contributed by atoms with Crippen LogP contribution in [0.1, 0.15) is 44.2 Å². The van der Waals surface area contributed by atoms with Gasteiger partial charge >= 0.3 is 0 Å². The molecule has 5 rings (SSSR count). The normalized spacial score (nSPS) is 28.5. The maximum absolute atomic E-state index is 14.3. The first kappa shape index (κ1) is 26.8. The third kappa shape index (κ3) is 4.41. The SMILES string of the molecule is Cc1cccc(C)c1NC(=O)C1N([C@@H](CO)CC(C)C)C(=O)[C@@H]2[C@H](C(=O)Nc3ccccc3)[C@@H]3CCC12S3. The number of nitrogens with zero attached hydrogens (tertiary/aromatic N) is 1. The smallest absolute Gasteiger partial charge is 0.248 e. The molecule has 3 aliphatic heterocycles. The van der Waals surface area contributed by atoms with Crippen LogP contribution in [0.2, 0.25) is 0 Å². The highest BCUT2D eigenvalue weighted by atomic mass is 32.2. The predicted octanol–water partition coefficient (Wildman–Crippen LogP) is 4.38. The van der Waals surface area contributed by atoms with E-state index < -0.39 is 28.7 Å². The zero-order chi connectivity index (χ0) is 27.2. The van der Waals surface area contributed by atoms with Gasteiger partial charge in [-0.25, -0.2) is 0 Å². The number of carbonyl (C=O) groups excluding carboxylic acids is 3. The van der Waals surface area contributed by atoms with Crippen molar-refractivity contribution in [3.63, 3.8) is 0 Å². The predicted molar refractivity (Wildman–Crippen MR) is 151 cm³/mol. The molecule has 38 heavy (non-hydrogen) atoms. The van der Waals surface area contributed by atoms with Crippen molar-refractivity contribution in [2.24, 2.45) is 17.8 Å². The summed E-state index contributed by atoms with van der Waals surface area (Å²) in [6.45, 7) is 7.77. The molecule has 2 unspecified atom stereocenters. The lowest BCUT2D eigenvalue weighted by atomic mass is 9.70. The molecule has 0 aliphatic carbocycles. The third-order valence-electron chi connectivity index (χ3n) is 8.41. The lowest BCUT2D eigenvalue weighted by Gasteiger charge is -2.37. The Morgan fingerprint density at radius 3 is 2.37 bits per heavy atom. The highest BCUT2D eigenvalue weighted by Crippen LogP contribution is 2.66. The summed E-state index contributed by atoms with van der Waals surface area (Å²) in [6, 6.07) is 13.9. The van der Waals surface area contributed by atoms with E-state index in [1.54, 1.807) is 16.7 Å². The van der Waals surface area contributed by atoms with Crippen molar-refractivity contribution in [3.05, 3.63) is 59.7 Å². The second-order valence-electron chi connectivity index (χ2n) is 11.4. The first-order valence-electron chi connectivity index (χ1n) is 13.5. The maximum Gasteiger partial charge on any atom is 0.248 e. The van der Waals surface area contributed by atoms with Gasteiger partial charge in [0, 0.05) is 16.6 Å². The number of benzene rings is 2. The Morgan fingerprint density at radius 1 is 1.05 bits per heavy atom. The van der Waals surface area contributed by atoms with E-state index in [2.05, 4.69) is 10.6 Å². The van der Waals surface area contributed by atoms with Gasteiger partial charge in [-0.1, -0.05) is 50.2 Å². The molecular formula is C30H37N3O4S. The van der Waals surface area contributed by atoms with Crippen LogP contribution in [0.4, 0.5) is 11.4 Å². The van der Waals surface area contributed by atoms with Gasteiger partial charge in [0.05, 0.1) is 29.2 Å². The summed E-state index contributed by atoms with van der Waals surface area (Å²) in [6.07, 6.45) is 2.04. The van der Waals surface area contributed by atoms with Crippen LogP contribution in [-0.4, -0.2) is 56.4 Å². The topological polar surface area (TPSA) is 98.7 Å². The summed E-state index contributed by atoms with van der Waals surface area (Å²) in [4.78, 5) is 43.7. The van der Waals surface area contributed by atoms with Crippen LogP contribution in [0.15, 0.2) is 48.5 Å². The molecule has 202 valence electrons. The van der Waals surface area contributed by atoms with Crippen LogP contribution < -0.4 is 10.6 Å². The fourth-order valence-corrected chi connectivity index (χ4v) is 9.06. The van der Waals surface area contributed by atoms with Gasteiger partial charge in [0.1, 0.15) is 6.04 Å². The number of hydrogen-bond acceptors (Lipinski definition) is 5. The average Bonchev–Trinajstić information content (AvgIpc) is 3.52. The zero-order valence-electron chi connectivity index (χ0n) is 22.4. The largest absolute Gasteiger partial charge is 0.394 e. The number of anilines is 2. The van der Waals surface area contributed by atoms with Crippen molar-refractivity contribution < 1.29 is 19.5 Å². The molecule has 0 radical (unpaired) electrons. The number of thioether (sulfide) groups is 1. The Bertz CT molecular complexity index is 1220. The lowest BCUT2D eigenvalue weighted by Crippen LogP contribution is -2.55. The summed E-state index contributed by atoms with van der Waals surface area (Å²) >= 11 is 1.64. The number of aliphatic hydroxyl groups is 1. The number of fused-ring (bicyclic) bond motifs is 1.